The fraction of sp³-hybridized carbons (Fsp3) is 0.667. The molecule has 1 unspecified atom stereocenters. The van der Waals surface area contributed by atoms with Gasteiger partial charge >= 0.3 is 5.97 Å². The first-order valence-electron chi connectivity index (χ1n) is 3.02. The molecule has 0 amide bonds. The minimum Gasteiger partial charge on any atom is -0.480 e. The minimum atomic E-state index is -1.05. The summed E-state index contributed by atoms with van der Waals surface area (Å²) in [6, 6.07) is -0.899. The first-order valence-corrected chi connectivity index (χ1v) is 3.02. The molecule has 0 aliphatic carbocycles. The van der Waals surface area contributed by atoms with Gasteiger partial charge in [0.1, 0.15) is 11.8 Å². The van der Waals surface area contributed by atoms with Crippen LogP contribution in [0.25, 0.3) is 0 Å². The normalized spacial score (nSPS) is 11.5. The van der Waals surface area contributed by atoms with Gasteiger partial charge in [-0.25, -0.2) is 0 Å². The Balaban J connectivity index is 0. The molecule has 11 heavy (non-hydrogen) atoms. The van der Waals surface area contributed by atoms with Crippen LogP contribution in [0.3, 0.4) is 0 Å². The van der Waals surface area contributed by atoms with E-state index in [0.29, 0.717) is 0 Å². The van der Waals surface area contributed by atoms with Crippen molar-refractivity contribution in [2.24, 2.45) is 5.73 Å². The fourth-order valence-corrected chi connectivity index (χ4v) is 0.482. The van der Waals surface area contributed by atoms with Crippen LogP contribution in [0.15, 0.2) is 0 Å². The van der Waals surface area contributed by atoms with Crippen LogP contribution in [-0.2, 0) is 9.59 Å². The van der Waals surface area contributed by atoms with Crippen molar-refractivity contribution in [3.05, 3.63) is 0 Å². The molecule has 0 bridgehead atoms. The van der Waals surface area contributed by atoms with E-state index in [-0.39, 0.29) is 24.8 Å². The molecule has 0 aliphatic heterocycles. The molecule has 0 spiro atoms. The number of carboxylic acids is 1. The lowest BCUT2D eigenvalue weighted by molar-refractivity contribution is -0.138. The summed E-state index contributed by atoms with van der Waals surface area (Å²) in [5, 5.41) is 8.26. The van der Waals surface area contributed by atoms with Crippen molar-refractivity contribution in [2.45, 2.75) is 25.8 Å². The number of aliphatic carboxylic acids is 1. The summed E-state index contributed by atoms with van der Waals surface area (Å²) in [7, 11) is 0. The van der Waals surface area contributed by atoms with Crippen molar-refractivity contribution in [3.8, 4) is 0 Å². The van der Waals surface area contributed by atoms with Crippen LogP contribution >= 0.6 is 0 Å². The lowest BCUT2D eigenvalue weighted by Crippen LogP contribution is -2.30. The highest BCUT2D eigenvalue weighted by atomic mass is 16.4. The summed E-state index contributed by atoms with van der Waals surface area (Å²) in [5.74, 6) is -1.09. The Hall–Kier alpha value is -0.940. The van der Waals surface area contributed by atoms with Crippen molar-refractivity contribution >= 4 is 11.8 Å². The maximum Gasteiger partial charge on any atom is 0.320 e. The zero-order valence-electron chi connectivity index (χ0n) is 6.54. The second kappa shape index (κ2) is 5.82. The second-order valence-corrected chi connectivity index (χ2v) is 2.19. The molecule has 0 aromatic heterocycles. The van der Waals surface area contributed by atoms with Crippen LogP contribution < -0.4 is 11.9 Å². The van der Waals surface area contributed by atoms with Gasteiger partial charge in [-0.15, -0.1) is 0 Å². The van der Waals surface area contributed by atoms with Crippen LogP contribution in [0.2, 0.25) is 0 Å². The van der Waals surface area contributed by atoms with Crippen molar-refractivity contribution < 1.29 is 14.7 Å². The molecule has 6 N–H and O–H groups in total. The van der Waals surface area contributed by atoms with E-state index in [0.717, 1.165) is 0 Å². The number of carbonyl (C=O) groups is 2. The highest BCUT2D eigenvalue weighted by molar-refractivity contribution is 5.77. The number of ketones is 1. The van der Waals surface area contributed by atoms with Gasteiger partial charge in [0.05, 0.1) is 0 Å². The van der Waals surface area contributed by atoms with Crippen LogP contribution in [0, 0.1) is 0 Å². The standard InChI is InChI=1S/C6H11NO3.H3N/c1-4(8)2-3-5(7)6(9)10;/h5H,2-3,7H2,1H3,(H,9,10);1H3. The molecule has 0 saturated heterocycles. The molecule has 0 aromatic carbocycles. The van der Waals surface area contributed by atoms with Crippen molar-refractivity contribution in [1.82, 2.24) is 6.15 Å². The van der Waals surface area contributed by atoms with E-state index >= 15 is 0 Å². The van der Waals surface area contributed by atoms with E-state index in [1.54, 1.807) is 0 Å². The number of carboxylic acid groups (broad SMARTS) is 1. The molecular formula is C6H14N2O3. The van der Waals surface area contributed by atoms with Crippen molar-refractivity contribution in [3.63, 3.8) is 0 Å². The van der Waals surface area contributed by atoms with Crippen molar-refractivity contribution in [2.75, 3.05) is 0 Å². The van der Waals surface area contributed by atoms with E-state index in [9.17, 15) is 9.59 Å². The van der Waals surface area contributed by atoms with Gasteiger partial charge in [-0.1, -0.05) is 0 Å². The molecule has 0 saturated carbocycles. The highest BCUT2D eigenvalue weighted by Gasteiger charge is 2.10. The Morgan fingerprint density at radius 1 is 1.55 bits per heavy atom. The third-order valence-electron chi connectivity index (χ3n) is 1.12. The average molecular weight is 162 g/mol. The molecule has 0 aliphatic rings. The van der Waals surface area contributed by atoms with E-state index in [1.807, 2.05) is 0 Å². The Morgan fingerprint density at radius 3 is 2.27 bits per heavy atom. The van der Waals surface area contributed by atoms with E-state index < -0.39 is 12.0 Å². The second-order valence-electron chi connectivity index (χ2n) is 2.19. The zero-order valence-corrected chi connectivity index (χ0v) is 6.54. The molecule has 0 rings (SSSR count). The molecule has 5 heteroatoms. The summed E-state index contributed by atoms with van der Waals surface area (Å²) in [6.45, 7) is 1.41. The number of rotatable bonds is 4. The fourth-order valence-electron chi connectivity index (χ4n) is 0.482. The molecule has 1 atom stereocenters. The quantitative estimate of drug-likeness (QED) is 0.535. The molecule has 5 nitrogen and oxygen atoms in total. The van der Waals surface area contributed by atoms with Gasteiger partial charge < -0.3 is 21.8 Å². The Kier molecular flexibility index (Phi) is 6.72. The maximum absolute atomic E-state index is 10.3. The Morgan fingerprint density at radius 2 is 2.00 bits per heavy atom. The smallest absolute Gasteiger partial charge is 0.320 e. The number of hydrogen-bond donors (Lipinski definition) is 3. The van der Waals surface area contributed by atoms with Gasteiger partial charge in [-0.3, -0.25) is 4.79 Å². The summed E-state index contributed by atoms with van der Waals surface area (Å²) in [6.07, 6.45) is 0.470. The SMILES string of the molecule is CC(=O)CCC(N)C(=O)O.N. The van der Waals surface area contributed by atoms with Gasteiger partial charge in [-0.05, 0) is 13.3 Å². The van der Waals surface area contributed by atoms with Gasteiger partial charge in [-0.2, -0.15) is 0 Å². The number of nitrogens with two attached hydrogens (primary N) is 1. The van der Waals surface area contributed by atoms with Crippen LogP contribution in [0.5, 0.6) is 0 Å². The Labute approximate surface area is 65.2 Å². The van der Waals surface area contributed by atoms with Crippen LogP contribution in [0.4, 0.5) is 0 Å². The van der Waals surface area contributed by atoms with Crippen molar-refractivity contribution in [1.29, 1.82) is 0 Å². The molecule has 66 valence electrons. The van der Waals surface area contributed by atoms with Crippen LogP contribution in [0.1, 0.15) is 19.8 Å². The predicted octanol–water partition coefficient (Wildman–Crippen LogP) is -0.0705. The van der Waals surface area contributed by atoms with Crippen LogP contribution in [-0.4, -0.2) is 22.9 Å². The molecular weight excluding hydrogens is 148 g/mol. The lowest BCUT2D eigenvalue weighted by atomic mass is 10.1. The summed E-state index contributed by atoms with van der Waals surface area (Å²) in [4.78, 5) is 20.4. The van der Waals surface area contributed by atoms with E-state index in [4.69, 9.17) is 10.8 Å². The number of hydrogen-bond acceptors (Lipinski definition) is 4. The predicted molar refractivity (Wildman–Crippen MR) is 40.5 cm³/mol. The van der Waals surface area contributed by atoms with Gasteiger partial charge in [0.2, 0.25) is 0 Å². The first-order chi connectivity index (χ1) is 4.54. The monoisotopic (exact) mass is 162 g/mol. The zero-order chi connectivity index (χ0) is 8.15. The summed E-state index contributed by atoms with van der Waals surface area (Å²) in [5.41, 5.74) is 5.11. The van der Waals surface area contributed by atoms with E-state index in [2.05, 4.69) is 0 Å². The topological polar surface area (TPSA) is 115 Å². The van der Waals surface area contributed by atoms with Gasteiger partial charge in [0.25, 0.3) is 0 Å². The molecule has 0 fully saturated rings. The lowest BCUT2D eigenvalue weighted by Gasteiger charge is -2.02. The molecule has 0 aromatic rings. The Bertz CT molecular complexity index is 147. The number of carbonyl (C=O) groups excluding carboxylic acids is 1. The summed E-state index contributed by atoms with van der Waals surface area (Å²) < 4.78 is 0. The maximum atomic E-state index is 10.3. The average Bonchev–Trinajstić information content (AvgIpc) is 1.82. The highest BCUT2D eigenvalue weighted by Crippen LogP contribution is 1.94. The number of Topliss-reactive ketones (excluding diaryl/α,β-unsaturated/α-hetero) is 1. The molecule has 0 heterocycles. The third-order valence-corrected chi connectivity index (χ3v) is 1.12. The first kappa shape index (κ1) is 12.7. The van der Waals surface area contributed by atoms with Gasteiger partial charge in [0.15, 0.2) is 0 Å². The molecule has 0 radical (unpaired) electrons. The van der Waals surface area contributed by atoms with Gasteiger partial charge in [0, 0.05) is 6.42 Å². The largest absolute Gasteiger partial charge is 0.480 e. The van der Waals surface area contributed by atoms with E-state index in [1.165, 1.54) is 6.92 Å². The third kappa shape index (κ3) is 6.95. The summed E-state index contributed by atoms with van der Waals surface area (Å²) >= 11 is 0. The minimum absolute atomic E-state index is 0.